The monoisotopic (exact) mass is 410 g/mol. The number of esters is 1. The van der Waals surface area contributed by atoms with Gasteiger partial charge in [-0.1, -0.05) is 19.4 Å². The summed E-state index contributed by atoms with van der Waals surface area (Å²) in [5.41, 5.74) is 0.361. The molecule has 0 aliphatic carbocycles. The number of hydrogen-bond acceptors (Lipinski definition) is 5. The van der Waals surface area contributed by atoms with E-state index in [2.05, 4.69) is 5.32 Å². The van der Waals surface area contributed by atoms with Crippen molar-refractivity contribution in [3.63, 3.8) is 0 Å². The smallest absolute Gasteiger partial charge is 0.338 e. The molecule has 1 aromatic carbocycles. The second-order valence-corrected chi connectivity index (χ2v) is 9.74. The van der Waals surface area contributed by atoms with Crippen molar-refractivity contribution in [2.24, 2.45) is 0 Å². The van der Waals surface area contributed by atoms with Gasteiger partial charge in [-0.05, 0) is 57.7 Å². The third-order valence-corrected chi connectivity index (χ3v) is 6.97. The minimum atomic E-state index is -3.65. The number of nitrogens with zero attached hydrogens (tertiary/aromatic N) is 1. The van der Waals surface area contributed by atoms with Crippen LogP contribution in [0.3, 0.4) is 0 Å². The van der Waals surface area contributed by atoms with Crippen LogP contribution < -0.4 is 5.32 Å². The highest BCUT2D eigenvalue weighted by molar-refractivity contribution is 7.89. The summed E-state index contributed by atoms with van der Waals surface area (Å²) in [6.07, 6.45) is 3.43. The van der Waals surface area contributed by atoms with E-state index >= 15 is 0 Å². The zero-order chi connectivity index (χ0) is 20.9. The highest BCUT2D eigenvalue weighted by Gasteiger charge is 2.27. The normalized spacial score (nSPS) is 15.9. The van der Waals surface area contributed by atoms with E-state index in [1.54, 1.807) is 13.0 Å². The number of benzene rings is 1. The molecule has 0 spiro atoms. The first-order valence-electron chi connectivity index (χ1n) is 9.66. The fourth-order valence-electron chi connectivity index (χ4n) is 2.95. The van der Waals surface area contributed by atoms with Gasteiger partial charge in [0.15, 0.2) is 6.61 Å². The van der Waals surface area contributed by atoms with Crippen molar-refractivity contribution in [3.8, 4) is 0 Å². The summed E-state index contributed by atoms with van der Waals surface area (Å²) in [6, 6.07) is 4.44. The molecule has 0 radical (unpaired) electrons. The zero-order valence-corrected chi connectivity index (χ0v) is 17.9. The molecule has 1 saturated heterocycles. The highest BCUT2D eigenvalue weighted by Crippen LogP contribution is 2.23. The molecule has 1 aliphatic heterocycles. The number of sulfonamides is 1. The van der Waals surface area contributed by atoms with Crippen LogP contribution >= 0.6 is 0 Å². The van der Waals surface area contributed by atoms with Gasteiger partial charge >= 0.3 is 5.97 Å². The van der Waals surface area contributed by atoms with E-state index < -0.39 is 28.5 Å². The van der Waals surface area contributed by atoms with Crippen LogP contribution in [0.1, 0.15) is 62.4 Å². The second kappa shape index (κ2) is 9.05. The standard InChI is InChI=1S/C20H30N2O5S/c1-5-20(3,4)21-18(23)14-27-19(24)17-13-16(10-9-15(17)2)28(25,26)22-11-7-6-8-12-22/h9-10,13H,5-8,11-12,14H2,1-4H3,(H,21,23). The first-order valence-corrected chi connectivity index (χ1v) is 11.1. The number of nitrogens with one attached hydrogen (secondary N) is 1. The van der Waals surface area contributed by atoms with Crippen LogP contribution in [0, 0.1) is 6.92 Å². The van der Waals surface area contributed by atoms with Crippen molar-refractivity contribution in [2.45, 2.75) is 63.8 Å². The van der Waals surface area contributed by atoms with Crippen molar-refractivity contribution in [3.05, 3.63) is 29.3 Å². The lowest BCUT2D eigenvalue weighted by atomic mass is 10.0. The molecule has 1 fully saturated rings. The fourth-order valence-corrected chi connectivity index (χ4v) is 4.49. The van der Waals surface area contributed by atoms with Crippen LogP contribution in [0.15, 0.2) is 23.1 Å². The predicted molar refractivity (Wildman–Crippen MR) is 107 cm³/mol. The molecule has 1 amide bonds. The van der Waals surface area contributed by atoms with Gasteiger partial charge in [-0.3, -0.25) is 4.79 Å². The van der Waals surface area contributed by atoms with E-state index in [1.165, 1.54) is 16.4 Å². The topological polar surface area (TPSA) is 92.8 Å². The average Bonchev–Trinajstić information content (AvgIpc) is 2.66. The summed E-state index contributed by atoms with van der Waals surface area (Å²) in [5, 5.41) is 2.79. The Balaban J connectivity index is 2.12. The van der Waals surface area contributed by atoms with E-state index in [0.717, 1.165) is 25.7 Å². The first kappa shape index (κ1) is 22.4. The second-order valence-electron chi connectivity index (χ2n) is 7.80. The Morgan fingerprint density at radius 2 is 1.82 bits per heavy atom. The van der Waals surface area contributed by atoms with Gasteiger partial charge in [0.1, 0.15) is 0 Å². The lowest BCUT2D eigenvalue weighted by molar-refractivity contribution is -0.125. The Morgan fingerprint density at radius 1 is 1.18 bits per heavy atom. The van der Waals surface area contributed by atoms with Crippen molar-refractivity contribution in [2.75, 3.05) is 19.7 Å². The molecule has 1 aromatic rings. The maximum Gasteiger partial charge on any atom is 0.338 e. The molecule has 8 heteroatoms. The van der Waals surface area contributed by atoms with Crippen LogP contribution in [0.5, 0.6) is 0 Å². The summed E-state index contributed by atoms with van der Waals surface area (Å²) in [7, 11) is -3.65. The Hall–Kier alpha value is -1.93. The number of carbonyl (C=O) groups excluding carboxylic acids is 2. The molecule has 1 N–H and O–H groups in total. The minimum absolute atomic E-state index is 0.0727. The Labute approximate surface area is 167 Å². The number of amides is 1. The number of carbonyl (C=O) groups is 2. The molecule has 0 bridgehead atoms. The SMILES string of the molecule is CCC(C)(C)NC(=O)COC(=O)c1cc(S(=O)(=O)N2CCCCC2)ccc1C. The quantitative estimate of drug-likeness (QED) is 0.698. The summed E-state index contributed by atoms with van der Waals surface area (Å²) in [5.74, 6) is -1.10. The van der Waals surface area contributed by atoms with Gasteiger partial charge in [0, 0.05) is 18.6 Å². The third-order valence-electron chi connectivity index (χ3n) is 5.08. The average molecular weight is 411 g/mol. The van der Waals surface area contributed by atoms with Gasteiger partial charge in [-0.15, -0.1) is 0 Å². The van der Waals surface area contributed by atoms with E-state index in [4.69, 9.17) is 4.74 Å². The molecule has 1 heterocycles. The van der Waals surface area contributed by atoms with Crippen molar-refractivity contribution >= 4 is 21.9 Å². The van der Waals surface area contributed by atoms with Gasteiger partial charge < -0.3 is 10.1 Å². The number of rotatable bonds is 7. The van der Waals surface area contributed by atoms with Gasteiger partial charge in [-0.2, -0.15) is 4.31 Å². The zero-order valence-electron chi connectivity index (χ0n) is 17.1. The van der Waals surface area contributed by atoms with Crippen molar-refractivity contribution in [1.82, 2.24) is 9.62 Å². The van der Waals surface area contributed by atoms with Crippen LogP contribution in [0.4, 0.5) is 0 Å². The van der Waals surface area contributed by atoms with Crippen molar-refractivity contribution in [1.29, 1.82) is 0 Å². The van der Waals surface area contributed by atoms with Crippen LogP contribution in [-0.2, 0) is 19.6 Å². The molecule has 0 aromatic heterocycles. The summed E-state index contributed by atoms with van der Waals surface area (Å²) < 4.78 is 32.2. The van der Waals surface area contributed by atoms with E-state index in [9.17, 15) is 18.0 Å². The maximum atomic E-state index is 12.8. The number of hydrogen-bond donors (Lipinski definition) is 1. The van der Waals surface area contributed by atoms with Crippen LogP contribution in [0.25, 0.3) is 0 Å². The van der Waals surface area contributed by atoms with E-state index in [1.807, 2.05) is 20.8 Å². The van der Waals surface area contributed by atoms with E-state index in [-0.39, 0.29) is 16.0 Å². The van der Waals surface area contributed by atoms with Gasteiger partial charge in [0.05, 0.1) is 10.5 Å². The molecule has 28 heavy (non-hydrogen) atoms. The summed E-state index contributed by atoms with van der Waals surface area (Å²) in [6.45, 7) is 7.98. The molecular formula is C20H30N2O5S. The molecule has 0 atom stereocenters. The largest absolute Gasteiger partial charge is 0.452 e. The van der Waals surface area contributed by atoms with Gasteiger partial charge in [-0.25, -0.2) is 13.2 Å². The Morgan fingerprint density at radius 3 is 2.43 bits per heavy atom. The molecular weight excluding hydrogens is 380 g/mol. The number of ether oxygens (including phenoxy) is 1. The summed E-state index contributed by atoms with van der Waals surface area (Å²) in [4.78, 5) is 24.5. The Bertz CT molecular complexity index is 827. The molecule has 2 rings (SSSR count). The van der Waals surface area contributed by atoms with Crippen LogP contribution in [-0.4, -0.2) is 49.8 Å². The van der Waals surface area contributed by atoms with E-state index in [0.29, 0.717) is 18.7 Å². The van der Waals surface area contributed by atoms with Crippen molar-refractivity contribution < 1.29 is 22.7 Å². The van der Waals surface area contributed by atoms with Crippen LogP contribution in [0.2, 0.25) is 0 Å². The molecule has 7 nitrogen and oxygen atoms in total. The predicted octanol–water partition coefficient (Wildman–Crippen LogP) is 2.63. The highest BCUT2D eigenvalue weighted by atomic mass is 32.2. The Kier molecular flexibility index (Phi) is 7.22. The third kappa shape index (κ3) is 5.54. The molecule has 156 valence electrons. The fraction of sp³-hybridized carbons (Fsp3) is 0.600. The molecule has 1 aliphatic rings. The summed E-state index contributed by atoms with van der Waals surface area (Å²) >= 11 is 0. The molecule has 0 unspecified atom stereocenters. The lowest BCUT2D eigenvalue weighted by Crippen LogP contribution is -2.44. The number of aryl methyl sites for hydroxylation is 1. The molecule has 0 saturated carbocycles. The van der Waals surface area contributed by atoms with Gasteiger partial charge in [0.25, 0.3) is 5.91 Å². The lowest BCUT2D eigenvalue weighted by Gasteiger charge is -2.26. The maximum absolute atomic E-state index is 12.8. The number of piperidine rings is 1. The minimum Gasteiger partial charge on any atom is -0.452 e. The van der Waals surface area contributed by atoms with Gasteiger partial charge in [0.2, 0.25) is 10.0 Å². The first-order chi connectivity index (χ1) is 13.1.